The zero-order chi connectivity index (χ0) is 24.0. The molecule has 7 nitrogen and oxygen atoms in total. The first-order valence-electron chi connectivity index (χ1n) is 10.5. The van der Waals surface area contributed by atoms with Gasteiger partial charge in [0.15, 0.2) is 12.4 Å². The van der Waals surface area contributed by atoms with E-state index in [1.807, 2.05) is 36.4 Å². The van der Waals surface area contributed by atoms with Crippen LogP contribution in [0.5, 0.6) is 5.75 Å². The van der Waals surface area contributed by atoms with E-state index < -0.39 is 10.0 Å². The van der Waals surface area contributed by atoms with Crippen LogP contribution >= 0.6 is 0 Å². The van der Waals surface area contributed by atoms with E-state index in [9.17, 15) is 18.0 Å². The van der Waals surface area contributed by atoms with Crippen LogP contribution in [0.4, 0.5) is 5.69 Å². The lowest BCUT2D eigenvalue weighted by Gasteiger charge is -2.11. The lowest BCUT2D eigenvalue weighted by atomic mass is 10.1. The molecule has 1 amide bonds. The maximum atomic E-state index is 12.5. The van der Waals surface area contributed by atoms with Gasteiger partial charge < -0.3 is 10.1 Å². The number of benzene rings is 4. The summed E-state index contributed by atoms with van der Waals surface area (Å²) in [7, 11) is -3.88. The molecule has 0 saturated heterocycles. The first-order valence-corrected chi connectivity index (χ1v) is 12.0. The maximum Gasteiger partial charge on any atom is 0.262 e. The first-order chi connectivity index (χ1) is 16.4. The summed E-state index contributed by atoms with van der Waals surface area (Å²) in [6.07, 6.45) is 0. The van der Waals surface area contributed by atoms with Gasteiger partial charge in [0, 0.05) is 16.6 Å². The second-order valence-corrected chi connectivity index (χ2v) is 9.22. The molecule has 4 aromatic rings. The van der Waals surface area contributed by atoms with Gasteiger partial charge in [0.2, 0.25) is 10.0 Å². The average Bonchev–Trinajstić information content (AvgIpc) is 2.87. The lowest BCUT2D eigenvalue weighted by Crippen LogP contribution is -2.29. The van der Waals surface area contributed by atoms with Crippen molar-refractivity contribution in [3.05, 3.63) is 103 Å². The molecule has 0 saturated carbocycles. The Morgan fingerprint density at radius 2 is 1.44 bits per heavy atom. The molecule has 172 valence electrons. The standard InChI is InChI=1S/C26H22N2O5S/c29-24(20-8-2-1-3-9-20)17-27-34(31,32)22-15-13-21(14-16-22)28-26(30)18-33-25-12-6-10-19-7-4-5-11-23(19)25/h1-16,27H,17-18H2,(H,28,30). The summed E-state index contributed by atoms with van der Waals surface area (Å²) in [5, 5.41) is 4.60. The van der Waals surface area contributed by atoms with Crippen molar-refractivity contribution in [3.63, 3.8) is 0 Å². The summed E-state index contributed by atoms with van der Waals surface area (Å²) < 4.78 is 33.0. The minimum absolute atomic E-state index is 0.0154. The number of Topliss-reactive ketones (excluding diaryl/α,β-unsaturated/α-hetero) is 1. The van der Waals surface area contributed by atoms with Gasteiger partial charge in [-0.25, -0.2) is 13.1 Å². The molecular weight excluding hydrogens is 452 g/mol. The van der Waals surface area contributed by atoms with E-state index in [2.05, 4.69) is 10.0 Å². The third-order valence-electron chi connectivity index (χ3n) is 5.08. The number of hydrogen-bond donors (Lipinski definition) is 2. The highest BCUT2D eigenvalue weighted by molar-refractivity contribution is 7.89. The Balaban J connectivity index is 1.32. The van der Waals surface area contributed by atoms with Gasteiger partial charge in [-0.1, -0.05) is 66.7 Å². The molecule has 0 atom stereocenters. The van der Waals surface area contributed by atoms with Gasteiger partial charge in [0.1, 0.15) is 5.75 Å². The minimum Gasteiger partial charge on any atom is -0.483 e. The summed E-state index contributed by atoms with van der Waals surface area (Å²) in [6, 6.07) is 27.4. The van der Waals surface area contributed by atoms with Crippen LogP contribution in [0.15, 0.2) is 102 Å². The highest BCUT2D eigenvalue weighted by atomic mass is 32.2. The zero-order valence-electron chi connectivity index (χ0n) is 18.1. The van der Waals surface area contributed by atoms with Crippen LogP contribution in [0.3, 0.4) is 0 Å². The van der Waals surface area contributed by atoms with Crippen molar-refractivity contribution >= 4 is 38.2 Å². The van der Waals surface area contributed by atoms with E-state index in [1.54, 1.807) is 36.4 Å². The van der Waals surface area contributed by atoms with E-state index in [4.69, 9.17) is 4.74 Å². The summed E-state index contributed by atoms with van der Waals surface area (Å²) >= 11 is 0. The molecule has 34 heavy (non-hydrogen) atoms. The fourth-order valence-electron chi connectivity index (χ4n) is 3.35. The monoisotopic (exact) mass is 474 g/mol. The van der Waals surface area contributed by atoms with Gasteiger partial charge >= 0.3 is 0 Å². The molecule has 8 heteroatoms. The predicted octanol–water partition coefficient (Wildman–Crippen LogP) is 4.02. The van der Waals surface area contributed by atoms with Crippen LogP contribution in [0, 0.1) is 0 Å². The largest absolute Gasteiger partial charge is 0.483 e. The number of amides is 1. The fraction of sp³-hybridized carbons (Fsp3) is 0.0769. The van der Waals surface area contributed by atoms with Crippen LogP contribution in [-0.4, -0.2) is 33.3 Å². The molecule has 0 aliphatic carbocycles. The van der Waals surface area contributed by atoms with Crippen LogP contribution in [0.1, 0.15) is 10.4 Å². The third-order valence-corrected chi connectivity index (χ3v) is 6.49. The third kappa shape index (κ3) is 5.67. The summed E-state index contributed by atoms with van der Waals surface area (Å²) in [5.74, 6) is -0.111. The molecule has 4 aromatic carbocycles. The van der Waals surface area contributed by atoms with Crippen molar-refractivity contribution in [2.45, 2.75) is 4.90 Å². The van der Waals surface area contributed by atoms with E-state index in [1.165, 1.54) is 24.3 Å². The van der Waals surface area contributed by atoms with E-state index in [0.717, 1.165) is 10.8 Å². The Bertz CT molecular complexity index is 1410. The van der Waals surface area contributed by atoms with Gasteiger partial charge in [-0.2, -0.15) is 0 Å². The Hall–Kier alpha value is -4.01. The molecule has 0 aromatic heterocycles. The number of fused-ring (bicyclic) bond motifs is 1. The number of carbonyl (C=O) groups excluding carboxylic acids is 2. The zero-order valence-corrected chi connectivity index (χ0v) is 18.9. The number of rotatable bonds is 9. The molecule has 0 radical (unpaired) electrons. The van der Waals surface area contributed by atoms with Gasteiger partial charge in [-0.3, -0.25) is 9.59 Å². The number of anilines is 1. The highest BCUT2D eigenvalue weighted by Gasteiger charge is 2.16. The quantitative estimate of drug-likeness (QED) is 0.357. The van der Waals surface area contributed by atoms with Gasteiger partial charge in [0.05, 0.1) is 11.4 Å². The normalized spacial score (nSPS) is 11.2. The molecule has 2 N–H and O–H groups in total. The summed E-state index contributed by atoms with van der Waals surface area (Å²) in [4.78, 5) is 24.4. The minimum atomic E-state index is -3.88. The van der Waals surface area contributed by atoms with Gasteiger partial charge in [0.25, 0.3) is 5.91 Å². The van der Waals surface area contributed by atoms with Crippen LogP contribution < -0.4 is 14.8 Å². The number of hydrogen-bond acceptors (Lipinski definition) is 5. The van der Waals surface area contributed by atoms with Crippen molar-refractivity contribution in [3.8, 4) is 5.75 Å². The van der Waals surface area contributed by atoms with E-state index in [-0.39, 0.29) is 29.7 Å². The molecular formula is C26H22N2O5S. The maximum absolute atomic E-state index is 12.5. The van der Waals surface area contributed by atoms with E-state index in [0.29, 0.717) is 17.0 Å². The number of nitrogens with one attached hydrogen (secondary N) is 2. The van der Waals surface area contributed by atoms with Crippen molar-refractivity contribution in [2.75, 3.05) is 18.5 Å². The van der Waals surface area contributed by atoms with Crippen molar-refractivity contribution in [1.82, 2.24) is 4.72 Å². The molecule has 0 aliphatic rings. The lowest BCUT2D eigenvalue weighted by molar-refractivity contribution is -0.118. The number of carbonyl (C=O) groups is 2. The average molecular weight is 475 g/mol. The Morgan fingerprint density at radius 1 is 0.765 bits per heavy atom. The highest BCUT2D eigenvalue weighted by Crippen LogP contribution is 2.25. The number of ketones is 1. The number of sulfonamides is 1. The molecule has 0 fully saturated rings. The predicted molar refractivity (Wildman–Crippen MR) is 130 cm³/mol. The second kappa shape index (κ2) is 10.3. The first kappa shape index (κ1) is 23.2. The molecule has 4 rings (SSSR count). The molecule has 0 heterocycles. The molecule has 0 bridgehead atoms. The van der Waals surface area contributed by atoms with E-state index >= 15 is 0 Å². The summed E-state index contributed by atoms with van der Waals surface area (Å²) in [6.45, 7) is -0.548. The SMILES string of the molecule is O=C(COc1cccc2ccccc12)Nc1ccc(S(=O)(=O)NCC(=O)c2ccccc2)cc1. The van der Waals surface area contributed by atoms with Gasteiger partial charge in [-0.05, 0) is 35.7 Å². The smallest absolute Gasteiger partial charge is 0.262 e. The Kier molecular flexibility index (Phi) is 7.01. The molecule has 0 spiro atoms. The van der Waals surface area contributed by atoms with Crippen molar-refractivity contribution < 1.29 is 22.7 Å². The Labute approximate surface area is 197 Å². The van der Waals surface area contributed by atoms with Crippen molar-refractivity contribution in [2.24, 2.45) is 0 Å². The van der Waals surface area contributed by atoms with Crippen molar-refractivity contribution in [1.29, 1.82) is 0 Å². The summed E-state index contributed by atoms with van der Waals surface area (Å²) in [5.41, 5.74) is 0.847. The Morgan fingerprint density at radius 3 is 2.21 bits per heavy atom. The van der Waals surface area contributed by atoms with Crippen LogP contribution in [-0.2, 0) is 14.8 Å². The van der Waals surface area contributed by atoms with Gasteiger partial charge in [-0.15, -0.1) is 0 Å². The van der Waals surface area contributed by atoms with Crippen LogP contribution in [0.2, 0.25) is 0 Å². The fourth-order valence-corrected chi connectivity index (χ4v) is 4.33. The second-order valence-electron chi connectivity index (χ2n) is 7.45. The topological polar surface area (TPSA) is 102 Å². The van der Waals surface area contributed by atoms with Crippen LogP contribution in [0.25, 0.3) is 10.8 Å². The molecule has 0 unspecified atom stereocenters. The molecule has 0 aliphatic heterocycles. The number of ether oxygens (including phenoxy) is 1.